The molecule has 4 bridgehead atoms. The van der Waals surface area contributed by atoms with Crippen molar-refractivity contribution in [2.24, 2.45) is 33.5 Å². The topological polar surface area (TPSA) is 52.6 Å². The first-order valence-electron chi connectivity index (χ1n) is 11.0. The number of hydrogen-bond donors (Lipinski definition) is 0. The quantitative estimate of drug-likeness (QED) is 0.499. The molecule has 0 heterocycles. The van der Waals surface area contributed by atoms with Crippen LogP contribution in [0.4, 0.5) is 0 Å². The van der Waals surface area contributed by atoms with E-state index in [2.05, 4.69) is 41.5 Å². The predicted octanol–water partition coefficient (Wildman–Crippen LogP) is 5.06. The summed E-state index contributed by atoms with van der Waals surface area (Å²) in [5.74, 6) is 0.384. The van der Waals surface area contributed by atoms with Crippen molar-refractivity contribution in [2.75, 3.05) is 0 Å². The highest BCUT2D eigenvalue weighted by Gasteiger charge is 2.63. The van der Waals surface area contributed by atoms with Gasteiger partial charge in [0.15, 0.2) is 0 Å². The van der Waals surface area contributed by atoms with Gasteiger partial charge in [-0.05, 0) is 61.2 Å². The van der Waals surface area contributed by atoms with Gasteiger partial charge in [-0.25, -0.2) is 9.59 Å². The normalized spacial score (nSPS) is 44.9. The van der Waals surface area contributed by atoms with Crippen LogP contribution in [0.2, 0.25) is 0 Å². The largest absolute Gasteiger partial charge is 0.459 e. The molecule has 4 fully saturated rings. The summed E-state index contributed by atoms with van der Waals surface area (Å²) >= 11 is 0. The van der Waals surface area contributed by atoms with Crippen molar-refractivity contribution in [1.29, 1.82) is 0 Å². The molecular weight excluding hydrogens is 352 g/mol. The van der Waals surface area contributed by atoms with Crippen LogP contribution in [0.25, 0.3) is 0 Å². The highest BCUT2D eigenvalue weighted by Crippen LogP contribution is 2.67. The first kappa shape index (κ1) is 20.0. The second kappa shape index (κ2) is 6.09. The van der Waals surface area contributed by atoms with Gasteiger partial charge in [-0.1, -0.05) is 41.5 Å². The van der Waals surface area contributed by atoms with Crippen molar-refractivity contribution >= 4 is 11.9 Å². The molecule has 4 heteroatoms. The SMILES string of the molecule is CC1(C)C2CCC1(C)C(OC(=O)/C=C\C(=O)OC1CC3CCC1(C)C3(C)C)C2. The molecular formula is C24H36O4. The van der Waals surface area contributed by atoms with Crippen LogP contribution in [-0.4, -0.2) is 24.1 Å². The Balaban J connectivity index is 1.33. The van der Waals surface area contributed by atoms with Crippen molar-refractivity contribution in [1.82, 2.24) is 0 Å². The van der Waals surface area contributed by atoms with Crippen LogP contribution >= 0.6 is 0 Å². The van der Waals surface area contributed by atoms with Gasteiger partial charge in [0.25, 0.3) is 0 Å². The number of ether oxygens (including phenoxy) is 2. The average molecular weight is 389 g/mol. The molecule has 0 aromatic rings. The third-order valence-corrected chi connectivity index (χ3v) is 10.3. The van der Waals surface area contributed by atoms with Crippen molar-refractivity contribution < 1.29 is 19.1 Å². The number of carbonyl (C=O) groups is 2. The molecule has 0 spiro atoms. The Morgan fingerprint density at radius 2 is 1.07 bits per heavy atom. The van der Waals surface area contributed by atoms with E-state index in [0.717, 1.165) is 25.7 Å². The monoisotopic (exact) mass is 388 g/mol. The minimum Gasteiger partial charge on any atom is -0.459 e. The highest BCUT2D eigenvalue weighted by atomic mass is 16.6. The number of rotatable bonds is 4. The summed E-state index contributed by atoms with van der Waals surface area (Å²) in [6.07, 6.45) is 8.91. The zero-order valence-corrected chi connectivity index (χ0v) is 18.3. The van der Waals surface area contributed by atoms with Crippen LogP contribution in [0.15, 0.2) is 12.2 Å². The van der Waals surface area contributed by atoms with Gasteiger partial charge in [-0.3, -0.25) is 0 Å². The third-order valence-electron chi connectivity index (χ3n) is 10.3. The number of fused-ring (bicyclic) bond motifs is 4. The zero-order valence-electron chi connectivity index (χ0n) is 18.3. The molecule has 4 aliphatic carbocycles. The second-order valence-electron chi connectivity index (χ2n) is 11.4. The Kier molecular flexibility index (Phi) is 4.34. The maximum absolute atomic E-state index is 12.3. The van der Waals surface area contributed by atoms with Crippen LogP contribution in [0.5, 0.6) is 0 Å². The van der Waals surface area contributed by atoms with Crippen LogP contribution in [0.1, 0.15) is 80.1 Å². The summed E-state index contributed by atoms with van der Waals surface area (Å²) in [5.41, 5.74) is 0.463. The summed E-state index contributed by atoms with van der Waals surface area (Å²) in [6.45, 7) is 13.7. The lowest BCUT2D eigenvalue weighted by atomic mass is 9.70. The number of carbonyl (C=O) groups excluding carboxylic acids is 2. The van der Waals surface area contributed by atoms with Gasteiger partial charge in [-0.15, -0.1) is 0 Å². The first-order chi connectivity index (χ1) is 12.9. The summed E-state index contributed by atoms with van der Waals surface area (Å²) in [4.78, 5) is 24.7. The molecule has 0 radical (unpaired) electrons. The van der Waals surface area contributed by atoms with Crippen molar-refractivity contribution in [3.63, 3.8) is 0 Å². The third kappa shape index (κ3) is 2.55. The molecule has 4 nitrogen and oxygen atoms in total. The maximum Gasteiger partial charge on any atom is 0.331 e. The molecule has 0 aromatic carbocycles. The standard InChI is InChI=1S/C24H36O4/c1-21(2)15-9-11-23(21,5)17(13-15)27-19(25)7-8-20(26)28-18-14-16-10-12-24(18,6)22(16,3)4/h7-8,15-18H,9-14H2,1-6H3/b8-7-. The summed E-state index contributed by atoms with van der Waals surface area (Å²) < 4.78 is 11.5. The molecule has 6 atom stereocenters. The molecule has 4 saturated carbocycles. The molecule has 28 heavy (non-hydrogen) atoms. The Bertz CT molecular complexity index is 660. The Labute approximate surface area is 169 Å². The summed E-state index contributed by atoms with van der Waals surface area (Å²) in [5, 5.41) is 0. The lowest BCUT2D eigenvalue weighted by Gasteiger charge is -2.38. The van der Waals surface area contributed by atoms with E-state index in [4.69, 9.17) is 9.47 Å². The minimum absolute atomic E-state index is 0.0327. The van der Waals surface area contributed by atoms with E-state index in [0.29, 0.717) is 11.8 Å². The first-order valence-corrected chi connectivity index (χ1v) is 11.0. The van der Waals surface area contributed by atoms with E-state index in [9.17, 15) is 9.59 Å². The molecule has 0 N–H and O–H groups in total. The van der Waals surface area contributed by atoms with Crippen LogP contribution in [0, 0.1) is 33.5 Å². The van der Waals surface area contributed by atoms with Gasteiger partial charge >= 0.3 is 11.9 Å². The Morgan fingerprint density at radius 1 is 0.714 bits per heavy atom. The van der Waals surface area contributed by atoms with Gasteiger partial charge in [0.05, 0.1) is 0 Å². The van der Waals surface area contributed by atoms with Crippen molar-refractivity contribution in [3.8, 4) is 0 Å². The van der Waals surface area contributed by atoms with Gasteiger partial charge in [0.1, 0.15) is 12.2 Å². The average Bonchev–Trinajstić information content (AvgIpc) is 3.12. The van der Waals surface area contributed by atoms with Crippen LogP contribution in [-0.2, 0) is 19.1 Å². The van der Waals surface area contributed by atoms with Crippen LogP contribution in [0.3, 0.4) is 0 Å². The van der Waals surface area contributed by atoms with E-state index >= 15 is 0 Å². The van der Waals surface area contributed by atoms with Gasteiger partial charge < -0.3 is 9.47 Å². The number of esters is 2. The van der Waals surface area contributed by atoms with E-state index < -0.39 is 11.9 Å². The fourth-order valence-corrected chi connectivity index (χ4v) is 7.11. The second-order valence-corrected chi connectivity index (χ2v) is 11.4. The van der Waals surface area contributed by atoms with Crippen molar-refractivity contribution in [2.45, 2.75) is 92.3 Å². The summed E-state index contributed by atoms with van der Waals surface area (Å²) in [7, 11) is 0. The highest BCUT2D eigenvalue weighted by molar-refractivity contribution is 5.91. The predicted molar refractivity (Wildman–Crippen MR) is 107 cm³/mol. The lowest BCUT2D eigenvalue weighted by molar-refractivity contribution is -0.153. The molecule has 0 saturated heterocycles. The number of hydrogen-bond acceptors (Lipinski definition) is 4. The van der Waals surface area contributed by atoms with Gasteiger partial charge in [0, 0.05) is 23.0 Å². The molecule has 4 aliphatic rings. The molecule has 6 unspecified atom stereocenters. The molecule has 0 amide bonds. The minimum atomic E-state index is -0.425. The maximum atomic E-state index is 12.3. The lowest BCUT2D eigenvalue weighted by Crippen LogP contribution is -2.38. The smallest absolute Gasteiger partial charge is 0.331 e. The summed E-state index contributed by atoms with van der Waals surface area (Å²) in [6, 6.07) is 0. The Morgan fingerprint density at radius 3 is 1.32 bits per heavy atom. The van der Waals surface area contributed by atoms with Crippen LogP contribution < -0.4 is 0 Å². The van der Waals surface area contributed by atoms with Gasteiger partial charge in [0.2, 0.25) is 0 Å². The molecule has 0 aliphatic heterocycles. The molecule has 0 aromatic heterocycles. The van der Waals surface area contributed by atoms with Crippen molar-refractivity contribution in [3.05, 3.63) is 12.2 Å². The Hall–Kier alpha value is -1.32. The fourth-order valence-electron chi connectivity index (χ4n) is 7.11. The van der Waals surface area contributed by atoms with E-state index in [1.54, 1.807) is 0 Å². The van der Waals surface area contributed by atoms with E-state index in [1.807, 2.05) is 0 Å². The zero-order chi connectivity index (χ0) is 20.5. The van der Waals surface area contributed by atoms with E-state index in [1.165, 1.54) is 25.0 Å². The van der Waals surface area contributed by atoms with E-state index in [-0.39, 0.29) is 33.9 Å². The van der Waals surface area contributed by atoms with Gasteiger partial charge in [-0.2, -0.15) is 0 Å². The fraction of sp³-hybridized carbons (Fsp3) is 0.833. The molecule has 156 valence electrons. The molecule has 4 rings (SSSR count).